The second kappa shape index (κ2) is 8.73. The van der Waals surface area contributed by atoms with Gasteiger partial charge in [0, 0.05) is 30.0 Å². The van der Waals surface area contributed by atoms with Crippen LogP contribution >= 0.6 is 0 Å². The number of nitrogens with zero attached hydrogens (tertiary/aromatic N) is 2. The number of carbonyl (C=O) groups is 2. The van der Waals surface area contributed by atoms with Gasteiger partial charge in [-0.2, -0.15) is 5.10 Å². The Morgan fingerprint density at radius 2 is 1.90 bits per heavy atom. The highest BCUT2D eigenvalue weighted by atomic mass is 16.5. The monoisotopic (exact) mass is 426 g/mol. The third-order valence-corrected chi connectivity index (χ3v) is 5.17. The van der Waals surface area contributed by atoms with Crippen LogP contribution in [0.2, 0.25) is 0 Å². The van der Waals surface area contributed by atoms with E-state index in [1.54, 1.807) is 0 Å². The number of carbonyl (C=O) groups excluding carboxylic acids is 2. The Hall–Kier alpha value is -2.83. The van der Waals surface area contributed by atoms with Crippen LogP contribution in [0, 0.1) is 0 Å². The van der Waals surface area contributed by atoms with Crippen molar-refractivity contribution < 1.29 is 14.3 Å². The molecule has 31 heavy (non-hydrogen) atoms. The molecule has 1 aromatic heterocycles. The fourth-order valence-corrected chi connectivity index (χ4v) is 3.43. The van der Waals surface area contributed by atoms with Crippen LogP contribution in [0.4, 0.5) is 11.5 Å². The summed E-state index contributed by atoms with van der Waals surface area (Å²) in [6.45, 7) is 13.0. The van der Waals surface area contributed by atoms with Crippen molar-refractivity contribution in [3.8, 4) is 5.75 Å². The topological polar surface area (TPSA) is 85.2 Å². The number of aromatic nitrogens is 2. The number of amides is 2. The summed E-state index contributed by atoms with van der Waals surface area (Å²) in [4.78, 5) is 24.0. The maximum atomic E-state index is 12.5. The van der Waals surface area contributed by atoms with Gasteiger partial charge < -0.3 is 15.4 Å². The first-order valence-corrected chi connectivity index (χ1v) is 10.9. The maximum absolute atomic E-state index is 12.5. The Bertz CT molecular complexity index is 964. The lowest BCUT2D eigenvalue weighted by Gasteiger charge is -2.23. The molecular formula is C24H34N4O3. The Balaban J connectivity index is 1.53. The van der Waals surface area contributed by atoms with E-state index < -0.39 is 0 Å². The summed E-state index contributed by atoms with van der Waals surface area (Å²) >= 11 is 0. The molecule has 0 unspecified atom stereocenters. The van der Waals surface area contributed by atoms with E-state index in [2.05, 4.69) is 52.2 Å². The molecule has 2 aromatic rings. The molecule has 7 nitrogen and oxygen atoms in total. The molecule has 2 heterocycles. The fourth-order valence-electron chi connectivity index (χ4n) is 3.43. The number of hydrogen-bond donors (Lipinski definition) is 2. The van der Waals surface area contributed by atoms with E-state index in [-0.39, 0.29) is 22.8 Å². The van der Waals surface area contributed by atoms with Gasteiger partial charge in [0.2, 0.25) is 11.8 Å². The number of rotatable bonds is 6. The van der Waals surface area contributed by atoms with Gasteiger partial charge in [-0.15, -0.1) is 0 Å². The molecule has 7 heteroatoms. The lowest BCUT2D eigenvalue weighted by molar-refractivity contribution is -0.117. The van der Waals surface area contributed by atoms with Crippen molar-refractivity contribution in [3.05, 3.63) is 35.5 Å². The quantitative estimate of drug-likeness (QED) is 0.660. The molecule has 168 valence electrons. The van der Waals surface area contributed by atoms with E-state index in [0.29, 0.717) is 25.9 Å². The third kappa shape index (κ3) is 5.87. The van der Waals surface area contributed by atoms with Crippen LogP contribution in [0.5, 0.6) is 5.75 Å². The third-order valence-electron chi connectivity index (χ3n) is 5.17. The summed E-state index contributed by atoms with van der Waals surface area (Å²) in [6.07, 6.45) is 2.19. The average molecular weight is 427 g/mol. The van der Waals surface area contributed by atoms with Crippen molar-refractivity contribution in [1.29, 1.82) is 0 Å². The van der Waals surface area contributed by atoms with E-state index in [4.69, 9.17) is 9.84 Å². The number of anilines is 2. The zero-order chi connectivity index (χ0) is 22.8. The smallest absolute Gasteiger partial charge is 0.225 e. The van der Waals surface area contributed by atoms with Crippen LogP contribution < -0.4 is 15.4 Å². The highest BCUT2D eigenvalue weighted by Gasteiger charge is 2.25. The molecule has 0 radical (unpaired) electrons. The first-order chi connectivity index (χ1) is 14.4. The van der Waals surface area contributed by atoms with Crippen LogP contribution in [-0.4, -0.2) is 28.2 Å². The van der Waals surface area contributed by atoms with Gasteiger partial charge in [-0.05, 0) is 57.4 Å². The molecule has 1 aliphatic heterocycles. The zero-order valence-corrected chi connectivity index (χ0v) is 19.5. The molecule has 0 fully saturated rings. The number of nitrogens with one attached hydrogen (secondary N) is 2. The van der Waals surface area contributed by atoms with Crippen LogP contribution in [0.15, 0.2) is 24.3 Å². The number of hydrogen-bond acceptors (Lipinski definition) is 4. The molecule has 0 saturated heterocycles. The molecule has 3 rings (SSSR count). The molecule has 0 saturated carbocycles. The molecule has 2 amide bonds. The van der Waals surface area contributed by atoms with Crippen molar-refractivity contribution in [2.75, 3.05) is 17.2 Å². The van der Waals surface area contributed by atoms with Crippen LogP contribution in [0.3, 0.4) is 0 Å². The van der Waals surface area contributed by atoms with E-state index in [9.17, 15) is 9.59 Å². The minimum absolute atomic E-state index is 0.0506. The highest BCUT2D eigenvalue weighted by Crippen LogP contribution is 2.29. The minimum atomic E-state index is -0.235. The van der Waals surface area contributed by atoms with Crippen molar-refractivity contribution in [2.24, 2.45) is 0 Å². The standard InChI is InChI=1S/C24H34N4O3/c1-23(2,3)19-15-20(28(27-19)24(4,5)6)26-21(29)8-7-13-31-17-10-11-18-16(14-17)9-12-22(30)25-18/h10-11,14-15H,7-9,12-13H2,1-6H3,(H,25,30)(H,26,29). The van der Waals surface area contributed by atoms with Gasteiger partial charge in [0.15, 0.2) is 0 Å². The zero-order valence-electron chi connectivity index (χ0n) is 19.5. The lowest BCUT2D eigenvalue weighted by Crippen LogP contribution is -2.27. The molecule has 1 aromatic carbocycles. The van der Waals surface area contributed by atoms with Crippen molar-refractivity contribution in [1.82, 2.24) is 9.78 Å². The van der Waals surface area contributed by atoms with Gasteiger partial charge in [-0.3, -0.25) is 9.59 Å². The summed E-state index contributed by atoms with van der Waals surface area (Å²) in [5, 5.41) is 10.6. The van der Waals surface area contributed by atoms with Gasteiger partial charge in [-0.1, -0.05) is 20.8 Å². The Morgan fingerprint density at radius 1 is 1.16 bits per heavy atom. The first kappa shape index (κ1) is 22.8. The summed E-state index contributed by atoms with van der Waals surface area (Å²) in [6, 6.07) is 7.64. The van der Waals surface area contributed by atoms with E-state index >= 15 is 0 Å². The van der Waals surface area contributed by atoms with Crippen LogP contribution in [-0.2, 0) is 27.0 Å². The predicted molar refractivity (Wildman–Crippen MR) is 123 cm³/mol. The van der Waals surface area contributed by atoms with E-state index in [1.807, 2.05) is 28.9 Å². The average Bonchev–Trinajstić information content (AvgIpc) is 3.10. The largest absolute Gasteiger partial charge is 0.494 e. The lowest BCUT2D eigenvalue weighted by atomic mass is 9.92. The molecule has 0 atom stereocenters. The number of fused-ring (bicyclic) bond motifs is 1. The molecule has 2 N–H and O–H groups in total. The van der Waals surface area contributed by atoms with Gasteiger partial charge in [-0.25, -0.2) is 4.68 Å². The number of ether oxygens (including phenoxy) is 1. The molecule has 0 bridgehead atoms. The van der Waals surface area contributed by atoms with Gasteiger partial charge in [0.1, 0.15) is 11.6 Å². The summed E-state index contributed by atoms with van der Waals surface area (Å²) in [7, 11) is 0. The Morgan fingerprint density at radius 3 is 2.58 bits per heavy atom. The van der Waals surface area contributed by atoms with Crippen LogP contribution in [0.25, 0.3) is 0 Å². The summed E-state index contributed by atoms with van der Waals surface area (Å²) in [5.74, 6) is 1.48. The predicted octanol–water partition coefficient (Wildman–Crippen LogP) is 4.62. The molecule has 0 spiro atoms. The van der Waals surface area contributed by atoms with Gasteiger partial charge in [0.25, 0.3) is 0 Å². The molecule has 0 aliphatic carbocycles. The Kier molecular flexibility index (Phi) is 6.43. The maximum Gasteiger partial charge on any atom is 0.225 e. The van der Waals surface area contributed by atoms with Crippen molar-refractivity contribution >= 4 is 23.3 Å². The van der Waals surface area contributed by atoms with Gasteiger partial charge >= 0.3 is 0 Å². The van der Waals surface area contributed by atoms with E-state index in [0.717, 1.165) is 34.9 Å². The Labute approximate surface area is 184 Å². The first-order valence-electron chi connectivity index (χ1n) is 10.9. The number of aryl methyl sites for hydroxylation is 1. The van der Waals surface area contributed by atoms with Crippen molar-refractivity contribution in [3.63, 3.8) is 0 Å². The minimum Gasteiger partial charge on any atom is -0.494 e. The second-order valence-corrected chi connectivity index (χ2v) is 10.1. The summed E-state index contributed by atoms with van der Waals surface area (Å²) in [5.41, 5.74) is 2.56. The summed E-state index contributed by atoms with van der Waals surface area (Å²) < 4.78 is 7.70. The molecule has 1 aliphatic rings. The van der Waals surface area contributed by atoms with Crippen LogP contribution in [0.1, 0.15) is 72.1 Å². The van der Waals surface area contributed by atoms with Crippen molar-refractivity contribution in [2.45, 2.75) is 78.2 Å². The fraction of sp³-hybridized carbons (Fsp3) is 0.542. The SMILES string of the molecule is CC(C)(C)c1cc(NC(=O)CCCOc2ccc3c(c2)CCC(=O)N3)n(C(C)(C)C)n1. The van der Waals surface area contributed by atoms with E-state index in [1.165, 1.54) is 0 Å². The second-order valence-electron chi connectivity index (χ2n) is 10.1. The highest BCUT2D eigenvalue weighted by molar-refractivity contribution is 5.94. The molecular weight excluding hydrogens is 392 g/mol. The van der Waals surface area contributed by atoms with Gasteiger partial charge in [0.05, 0.1) is 17.8 Å². The normalized spacial score (nSPS) is 14.1. The number of benzene rings is 1.